The first-order chi connectivity index (χ1) is 6.69. The van der Waals surface area contributed by atoms with Crippen LogP contribution in [0.1, 0.15) is 12.6 Å². The van der Waals surface area contributed by atoms with Gasteiger partial charge < -0.3 is 15.7 Å². The Bertz CT molecular complexity index is 290. The molecule has 0 aromatic carbocycles. The molecule has 0 aliphatic heterocycles. The van der Waals surface area contributed by atoms with Gasteiger partial charge in [0.2, 0.25) is 0 Å². The number of nitrogens with two attached hydrogens (primary N) is 1. The van der Waals surface area contributed by atoms with Crippen molar-refractivity contribution in [1.29, 1.82) is 0 Å². The van der Waals surface area contributed by atoms with Gasteiger partial charge in [-0.1, -0.05) is 0 Å². The van der Waals surface area contributed by atoms with Gasteiger partial charge in [-0.2, -0.15) is 0 Å². The average Bonchev–Trinajstić information content (AvgIpc) is 2.27. The summed E-state index contributed by atoms with van der Waals surface area (Å²) in [5.41, 5.74) is 7.39. The molecule has 1 rings (SSSR count). The second kappa shape index (κ2) is 4.93. The maximum absolute atomic E-state index is 9.01. The predicted molar refractivity (Wildman–Crippen MR) is 57.1 cm³/mol. The van der Waals surface area contributed by atoms with E-state index in [0.29, 0.717) is 6.54 Å². The van der Waals surface area contributed by atoms with Crippen LogP contribution in [0.5, 0.6) is 0 Å². The lowest BCUT2D eigenvalue weighted by molar-refractivity contribution is 0.270. The number of aliphatic hydroxyl groups excluding tert-OH is 1. The van der Waals surface area contributed by atoms with Gasteiger partial charge in [0.1, 0.15) is 0 Å². The molecule has 0 fully saturated rings. The van der Waals surface area contributed by atoms with E-state index in [9.17, 15) is 0 Å². The lowest BCUT2D eigenvalue weighted by Crippen LogP contribution is -2.31. The Morgan fingerprint density at radius 2 is 2.36 bits per heavy atom. The van der Waals surface area contributed by atoms with E-state index in [1.54, 1.807) is 6.20 Å². The van der Waals surface area contributed by atoms with Gasteiger partial charge in [0, 0.05) is 31.5 Å². The van der Waals surface area contributed by atoms with Crippen LogP contribution in [0.25, 0.3) is 0 Å². The van der Waals surface area contributed by atoms with Crippen LogP contribution in [0.2, 0.25) is 0 Å². The van der Waals surface area contributed by atoms with Crippen LogP contribution >= 0.6 is 0 Å². The molecule has 0 saturated carbocycles. The van der Waals surface area contributed by atoms with Crippen molar-refractivity contribution in [1.82, 2.24) is 4.98 Å². The molecule has 14 heavy (non-hydrogen) atoms. The van der Waals surface area contributed by atoms with Crippen molar-refractivity contribution in [2.24, 2.45) is 5.73 Å². The molecule has 1 unspecified atom stereocenters. The smallest absolute Gasteiger partial charge is 0.0632 e. The van der Waals surface area contributed by atoms with E-state index in [1.165, 1.54) is 0 Å². The zero-order valence-corrected chi connectivity index (χ0v) is 8.64. The van der Waals surface area contributed by atoms with E-state index < -0.39 is 0 Å². The number of aromatic nitrogens is 1. The summed E-state index contributed by atoms with van der Waals surface area (Å²) in [6.45, 7) is 2.54. The quantitative estimate of drug-likeness (QED) is 0.728. The lowest BCUT2D eigenvalue weighted by Gasteiger charge is -2.25. The molecule has 4 nitrogen and oxygen atoms in total. The minimum atomic E-state index is 0.100. The van der Waals surface area contributed by atoms with E-state index in [2.05, 4.69) is 4.98 Å². The maximum Gasteiger partial charge on any atom is 0.0632 e. The van der Waals surface area contributed by atoms with Gasteiger partial charge in [-0.05, 0) is 19.1 Å². The van der Waals surface area contributed by atoms with E-state index >= 15 is 0 Å². The first-order valence-corrected chi connectivity index (χ1v) is 4.67. The zero-order valence-electron chi connectivity index (χ0n) is 8.64. The van der Waals surface area contributed by atoms with E-state index in [-0.39, 0.29) is 12.6 Å². The second-order valence-corrected chi connectivity index (χ2v) is 3.35. The molecule has 0 bridgehead atoms. The molecule has 0 radical (unpaired) electrons. The molecule has 1 aromatic rings. The summed E-state index contributed by atoms with van der Waals surface area (Å²) in [7, 11) is 1.94. The molecule has 1 aromatic heterocycles. The van der Waals surface area contributed by atoms with Crippen molar-refractivity contribution >= 4 is 5.69 Å². The predicted octanol–water partition coefficient (Wildman–Crippen LogP) is 0.357. The number of hydrogen-bond acceptors (Lipinski definition) is 4. The molecular formula is C10H17N3O. The number of aliphatic hydroxyl groups is 1. The monoisotopic (exact) mass is 195 g/mol. The number of rotatable bonds is 4. The molecule has 4 heteroatoms. The Balaban J connectivity index is 2.83. The Morgan fingerprint density at radius 1 is 1.64 bits per heavy atom. The fourth-order valence-corrected chi connectivity index (χ4v) is 1.17. The molecule has 0 amide bonds. The first kappa shape index (κ1) is 10.9. The topological polar surface area (TPSA) is 62.4 Å². The Morgan fingerprint density at radius 3 is 2.93 bits per heavy atom. The van der Waals surface area contributed by atoms with Crippen molar-refractivity contribution in [3.05, 3.63) is 24.0 Å². The highest BCUT2D eigenvalue weighted by Crippen LogP contribution is 2.14. The maximum atomic E-state index is 9.01. The molecule has 78 valence electrons. The third-order valence-corrected chi connectivity index (χ3v) is 2.34. The normalized spacial score (nSPS) is 12.6. The standard InChI is InChI=1S/C10H17N3O/c1-8(7-14)13(2)10-3-4-12-9(5-10)6-11/h3-5,8,14H,6-7,11H2,1-2H3. The van der Waals surface area contributed by atoms with Crippen LogP contribution in [0, 0.1) is 0 Å². The van der Waals surface area contributed by atoms with Gasteiger partial charge in [0.05, 0.1) is 12.3 Å². The van der Waals surface area contributed by atoms with E-state index in [4.69, 9.17) is 10.8 Å². The molecule has 0 aliphatic carbocycles. The summed E-state index contributed by atoms with van der Waals surface area (Å²) < 4.78 is 0. The summed E-state index contributed by atoms with van der Waals surface area (Å²) in [4.78, 5) is 6.11. The summed E-state index contributed by atoms with van der Waals surface area (Å²) in [5.74, 6) is 0. The zero-order chi connectivity index (χ0) is 10.6. The minimum absolute atomic E-state index is 0.100. The number of nitrogens with zero attached hydrogens (tertiary/aromatic N) is 2. The second-order valence-electron chi connectivity index (χ2n) is 3.35. The molecular weight excluding hydrogens is 178 g/mol. The first-order valence-electron chi connectivity index (χ1n) is 4.67. The molecule has 1 atom stereocenters. The van der Waals surface area contributed by atoms with E-state index in [0.717, 1.165) is 11.4 Å². The molecule has 0 spiro atoms. The Kier molecular flexibility index (Phi) is 3.85. The van der Waals surface area contributed by atoms with Gasteiger partial charge >= 0.3 is 0 Å². The summed E-state index contributed by atoms with van der Waals surface area (Å²) >= 11 is 0. The van der Waals surface area contributed by atoms with Crippen molar-refractivity contribution < 1.29 is 5.11 Å². The summed E-state index contributed by atoms with van der Waals surface area (Å²) in [6, 6.07) is 3.94. The van der Waals surface area contributed by atoms with Crippen molar-refractivity contribution in [3.8, 4) is 0 Å². The Labute approximate surface area is 84.4 Å². The van der Waals surface area contributed by atoms with Crippen molar-refractivity contribution in [2.45, 2.75) is 19.5 Å². The summed E-state index contributed by atoms with van der Waals surface area (Å²) in [5, 5.41) is 9.01. The largest absolute Gasteiger partial charge is 0.394 e. The highest BCUT2D eigenvalue weighted by atomic mass is 16.3. The number of anilines is 1. The third-order valence-electron chi connectivity index (χ3n) is 2.34. The average molecular weight is 195 g/mol. The number of hydrogen-bond donors (Lipinski definition) is 2. The van der Waals surface area contributed by atoms with Gasteiger partial charge in [-0.3, -0.25) is 4.98 Å². The molecule has 1 heterocycles. The van der Waals surface area contributed by atoms with Crippen molar-refractivity contribution in [2.75, 3.05) is 18.6 Å². The Hall–Kier alpha value is -1.13. The van der Waals surface area contributed by atoms with E-state index in [1.807, 2.05) is 31.0 Å². The van der Waals surface area contributed by atoms with Crippen molar-refractivity contribution in [3.63, 3.8) is 0 Å². The van der Waals surface area contributed by atoms with Crippen LogP contribution in [0.15, 0.2) is 18.3 Å². The van der Waals surface area contributed by atoms with Gasteiger partial charge in [-0.15, -0.1) is 0 Å². The van der Waals surface area contributed by atoms with Crippen LogP contribution < -0.4 is 10.6 Å². The lowest BCUT2D eigenvalue weighted by atomic mass is 10.2. The highest BCUT2D eigenvalue weighted by Gasteiger charge is 2.08. The summed E-state index contributed by atoms with van der Waals surface area (Å²) in [6.07, 6.45) is 1.73. The number of pyridine rings is 1. The van der Waals surface area contributed by atoms with Crippen LogP contribution in [0.4, 0.5) is 5.69 Å². The van der Waals surface area contributed by atoms with Gasteiger partial charge in [-0.25, -0.2) is 0 Å². The molecule has 0 saturated heterocycles. The fourth-order valence-electron chi connectivity index (χ4n) is 1.17. The fraction of sp³-hybridized carbons (Fsp3) is 0.500. The molecule has 0 aliphatic rings. The third kappa shape index (κ3) is 2.43. The van der Waals surface area contributed by atoms with Crippen LogP contribution in [-0.2, 0) is 6.54 Å². The molecule has 3 N–H and O–H groups in total. The van der Waals surface area contributed by atoms with Crippen LogP contribution in [-0.4, -0.2) is 29.8 Å². The minimum Gasteiger partial charge on any atom is -0.394 e. The SMILES string of the molecule is CC(CO)N(C)c1ccnc(CN)c1. The van der Waals surface area contributed by atoms with Gasteiger partial charge in [0.15, 0.2) is 0 Å². The van der Waals surface area contributed by atoms with Gasteiger partial charge in [0.25, 0.3) is 0 Å². The highest BCUT2D eigenvalue weighted by molar-refractivity contribution is 5.46. The van der Waals surface area contributed by atoms with Crippen LogP contribution in [0.3, 0.4) is 0 Å². The number of likely N-dealkylation sites (N-methyl/N-ethyl adjacent to an activating group) is 1.